The van der Waals surface area contributed by atoms with Gasteiger partial charge in [0, 0.05) is 0 Å². The fourth-order valence-corrected chi connectivity index (χ4v) is 3.34. The molecule has 0 atom stereocenters. The Balaban J connectivity index is 1.46. The second kappa shape index (κ2) is 9.95. The van der Waals surface area contributed by atoms with Crippen LogP contribution in [-0.2, 0) is 22.7 Å². The van der Waals surface area contributed by atoms with Gasteiger partial charge in [-0.05, 0) is 41.5 Å². The van der Waals surface area contributed by atoms with Crippen molar-refractivity contribution in [2.45, 2.75) is 13.2 Å². The summed E-state index contributed by atoms with van der Waals surface area (Å²) in [7, 11) is 2.76. The van der Waals surface area contributed by atoms with E-state index in [-0.39, 0.29) is 23.8 Å². The minimum Gasteiger partial charge on any atom is -0.493 e. The number of amides is 3. The van der Waals surface area contributed by atoms with Gasteiger partial charge in [0.15, 0.2) is 11.5 Å². The van der Waals surface area contributed by atoms with Crippen LogP contribution in [0, 0.1) is 0 Å². The fraction of sp³-hybridized carbons (Fsp3) is 0.160. The van der Waals surface area contributed by atoms with Gasteiger partial charge < -0.3 is 23.9 Å². The fourth-order valence-electron chi connectivity index (χ4n) is 3.34. The first-order chi connectivity index (χ1) is 16.5. The molecule has 1 aliphatic rings. The molecule has 1 aliphatic heterocycles. The molecule has 3 amide bonds. The number of methoxy groups -OCH3 is 2. The van der Waals surface area contributed by atoms with E-state index in [1.807, 2.05) is 30.3 Å². The van der Waals surface area contributed by atoms with Crippen molar-refractivity contribution in [2.24, 2.45) is 0 Å². The number of nitrogens with one attached hydrogen (secondary N) is 1. The molecule has 9 nitrogen and oxygen atoms in total. The Labute approximate surface area is 195 Å². The number of rotatable bonds is 8. The summed E-state index contributed by atoms with van der Waals surface area (Å²) < 4.78 is 21.2. The molecular formula is C25H22N2O7. The largest absolute Gasteiger partial charge is 0.493 e. The molecule has 0 unspecified atom stereocenters. The quantitative estimate of drug-likeness (QED) is 0.309. The van der Waals surface area contributed by atoms with E-state index < -0.39 is 17.9 Å². The van der Waals surface area contributed by atoms with Crippen LogP contribution in [0.25, 0.3) is 6.08 Å². The zero-order chi connectivity index (χ0) is 24.1. The van der Waals surface area contributed by atoms with Crippen LogP contribution in [0.1, 0.15) is 27.4 Å². The SMILES string of the molecule is COC(=O)c1ccc(CN2C(=O)NC(=Cc3ccc(OCc4ccccc4)c(OC)c3)C2=O)o1. The molecule has 0 aliphatic carbocycles. The third-order valence-electron chi connectivity index (χ3n) is 5.06. The number of ether oxygens (including phenoxy) is 3. The molecule has 1 fully saturated rings. The van der Waals surface area contributed by atoms with E-state index in [9.17, 15) is 14.4 Å². The third kappa shape index (κ3) is 4.93. The number of carbonyl (C=O) groups is 3. The van der Waals surface area contributed by atoms with Crippen molar-refractivity contribution in [1.82, 2.24) is 10.2 Å². The predicted octanol–water partition coefficient (Wildman–Crippen LogP) is 3.75. The molecule has 174 valence electrons. The lowest BCUT2D eigenvalue weighted by atomic mass is 10.1. The van der Waals surface area contributed by atoms with E-state index in [1.165, 1.54) is 26.4 Å². The summed E-state index contributed by atoms with van der Waals surface area (Å²) in [5, 5.41) is 2.56. The topological polar surface area (TPSA) is 107 Å². The molecule has 1 aromatic heterocycles. The van der Waals surface area contributed by atoms with Gasteiger partial charge in [0.1, 0.15) is 18.1 Å². The number of hydrogen-bond donors (Lipinski definition) is 1. The maximum atomic E-state index is 12.8. The van der Waals surface area contributed by atoms with Crippen molar-refractivity contribution >= 4 is 24.0 Å². The normalized spacial score (nSPS) is 14.3. The molecule has 1 saturated heterocycles. The van der Waals surface area contributed by atoms with Crippen LogP contribution in [-0.4, -0.2) is 37.0 Å². The average molecular weight is 462 g/mol. The number of nitrogens with zero attached hydrogens (tertiary/aromatic N) is 1. The van der Waals surface area contributed by atoms with E-state index in [2.05, 4.69) is 10.1 Å². The maximum absolute atomic E-state index is 12.8. The van der Waals surface area contributed by atoms with Crippen molar-refractivity contribution in [1.29, 1.82) is 0 Å². The second-order valence-corrected chi connectivity index (χ2v) is 7.32. The highest BCUT2D eigenvalue weighted by Gasteiger charge is 2.34. The van der Waals surface area contributed by atoms with Crippen LogP contribution in [0.2, 0.25) is 0 Å². The smallest absolute Gasteiger partial charge is 0.373 e. The van der Waals surface area contributed by atoms with Gasteiger partial charge in [-0.1, -0.05) is 36.4 Å². The Hall–Kier alpha value is -4.53. The summed E-state index contributed by atoms with van der Waals surface area (Å²) >= 11 is 0. The average Bonchev–Trinajstić information content (AvgIpc) is 3.43. The van der Waals surface area contributed by atoms with Crippen LogP contribution in [0.5, 0.6) is 11.5 Å². The van der Waals surface area contributed by atoms with Crippen molar-refractivity contribution in [3.63, 3.8) is 0 Å². The number of benzene rings is 2. The van der Waals surface area contributed by atoms with E-state index >= 15 is 0 Å². The Bertz CT molecular complexity index is 1250. The third-order valence-corrected chi connectivity index (χ3v) is 5.06. The molecular weight excluding hydrogens is 440 g/mol. The van der Waals surface area contributed by atoms with Gasteiger partial charge in [0.25, 0.3) is 5.91 Å². The number of urea groups is 1. The van der Waals surface area contributed by atoms with Gasteiger partial charge in [-0.15, -0.1) is 0 Å². The van der Waals surface area contributed by atoms with E-state index in [1.54, 1.807) is 24.3 Å². The molecule has 0 saturated carbocycles. The number of esters is 1. The highest BCUT2D eigenvalue weighted by molar-refractivity contribution is 6.13. The minimum atomic E-state index is -0.644. The Morgan fingerprint density at radius 2 is 1.82 bits per heavy atom. The summed E-state index contributed by atoms with van der Waals surface area (Å²) in [6.45, 7) is 0.250. The summed E-state index contributed by atoms with van der Waals surface area (Å²) in [6, 6.07) is 17.3. The monoisotopic (exact) mass is 462 g/mol. The summed E-state index contributed by atoms with van der Waals surface area (Å²) in [5.41, 5.74) is 1.76. The molecule has 3 aromatic rings. The predicted molar refractivity (Wildman–Crippen MR) is 121 cm³/mol. The standard InChI is InChI=1S/C25H22N2O7/c1-31-22-13-17(8-10-20(22)33-15-16-6-4-3-5-7-16)12-19-23(28)27(25(30)26-19)14-18-9-11-21(34-18)24(29)32-2/h3-13H,14-15H2,1-2H3,(H,26,30). The Morgan fingerprint density at radius 3 is 2.56 bits per heavy atom. The Morgan fingerprint density at radius 1 is 1.03 bits per heavy atom. The number of furan rings is 1. The first-order valence-corrected chi connectivity index (χ1v) is 10.3. The number of carbonyl (C=O) groups excluding carboxylic acids is 3. The first kappa shape index (κ1) is 22.7. The van der Waals surface area contributed by atoms with Gasteiger partial charge in [-0.2, -0.15) is 0 Å². The van der Waals surface area contributed by atoms with Crippen molar-refractivity contribution in [3.05, 3.63) is 89.0 Å². The van der Waals surface area contributed by atoms with Gasteiger partial charge in [0.2, 0.25) is 5.76 Å². The number of hydrogen-bond acceptors (Lipinski definition) is 7. The second-order valence-electron chi connectivity index (χ2n) is 7.32. The summed E-state index contributed by atoms with van der Waals surface area (Å²) in [6.07, 6.45) is 1.55. The molecule has 0 bridgehead atoms. The Kier molecular flexibility index (Phi) is 6.63. The summed E-state index contributed by atoms with van der Waals surface area (Å²) in [4.78, 5) is 37.7. The molecule has 0 spiro atoms. The van der Waals surface area contributed by atoms with Gasteiger partial charge in [-0.3, -0.25) is 9.69 Å². The number of imide groups is 1. The maximum Gasteiger partial charge on any atom is 0.373 e. The molecule has 9 heteroatoms. The van der Waals surface area contributed by atoms with Crippen LogP contribution < -0.4 is 14.8 Å². The molecule has 4 rings (SSSR count). The highest BCUT2D eigenvalue weighted by Crippen LogP contribution is 2.30. The van der Waals surface area contributed by atoms with E-state index in [0.717, 1.165) is 10.5 Å². The van der Waals surface area contributed by atoms with Crippen molar-refractivity contribution in [3.8, 4) is 11.5 Å². The molecule has 2 heterocycles. The molecule has 34 heavy (non-hydrogen) atoms. The van der Waals surface area contributed by atoms with Crippen LogP contribution in [0.3, 0.4) is 0 Å². The molecule has 2 aromatic carbocycles. The summed E-state index contributed by atoms with van der Waals surface area (Å²) in [5.74, 6) is 0.133. The molecule has 0 radical (unpaired) electrons. The lowest BCUT2D eigenvalue weighted by Crippen LogP contribution is -2.30. The van der Waals surface area contributed by atoms with E-state index in [4.69, 9.17) is 13.9 Å². The van der Waals surface area contributed by atoms with Crippen molar-refractivity contribution in [2.75, 3.05) is 14.2 Å². The van der Waals surface area contributed by atoms with Crippen LogP contribution in [0.4, 0.5) is 4.79 Å². The van der Waals surface area contributed by atoms with Crippen LogP contribution >= 0.6 is 0 Å². The van der Waals surface area contributed by atoms with Gasteiger partial charge >= 0.3 is 12.0 Å². The van der Waals surface area contributed by atoms with Gasteiger partial charge in [-0.25, -0.2) is 9.59 Å². The zero-order valence-electron chi connectivity index (χ0n) is 18.6. The first-order valence-electron chi connectivity index (χ1n) is 10.3. The lowest BCUT2D eigenvalue weighted by molar-refractivity contribution is -0.123. The highest BCUT2D eigenvalue weighted by atomic mass is 16.5. The van der Waals surface area contributed by atoms with Crippen molar-refractivity contribution < 1.29 is 33.0 Å². The van der Waals surface area contributed by atoms with E-state index in [0.29, 0.717) is 23.7 Å². The molecule has 1 N–H and O–H groups in total. The minimum absolute atomic E-state index is 0.0120. The van der Waals surface area contributed by atoms with Gasteiger partial charge in [0.05, 0.1) is 20.8 Å². The lowest BCUT2D eigenvalue weighted by Gasteiger charge is -2.11. The van der Waals surface area contributed by atoms with Crippen LogP contribution in [0.15, 0.2) is 70.8 Å². The zero-order valence-corrected chi connectivity index (χ0v) is 18.6.